The van der Waals surface area contributed by atoms with Crippen LogP contribution < -0.4 is 0 Å². The van der Waals surface area contributed by atoms with Crippen LogP contribution in [0.4, 0.5) is 4.79 Å². The molecule has 1 aliphatic heterocycles. The zero-order valence-corrected chi connectivity index (χ0v) is 14.2. The smallest absolute Gasteiger partial charge is 0.413 e. The number of rotatable bonds is 6. The summed E-state index contributed by atoms with van der Waals surface area (Å²) in [6.45, 7) is -0.106. The molecule has 0 bridgehead atoms. The summed E-state index contributed by atoms with van der Waals surface area (Å²) < 4.78 is 10.2. The van der Waals surface area contributed by atoms with Gasteiger partial charge in [-0.2, -0.15) is 0 Å². The number of nitrogens with zero attached hydrogens (tertiary/aromatic N) is 1. The van der Waals surface area contributed by atoms with Gasteiger partial charge >= 0.3 is 12.1 Å². The molecule has 2 aromatic rings. The minimum atomic E-state index is -0.936. The normalized spacial score (nSPS) is 16.2. The highest BCUT2D eigenvalue weighted by molar-refractivity contribution is 5.91. The van der Waals surface area contributed by atoms with E-state index in [-0.39, 0.29) is 32.0 Å². The van der Waals surface area contributed by atoms with Crippen molar-refractivity contribution in [1.29, 1.82) is 0 Å². The molecule has 3 rings (SSSR count). The van der Waals surface area contributed by atoms with Gasteiger partial charge in [0.2, 0.25) is 0 Å². The summed E-state index contributed by atoms with van der Waals surface area (Å²) in [6.07, 6.45) is -0.552. The van der Waals surface area contributed by atoms with Gasteiger partial charge in [-0.15, -0.1) is 0 Å². The minimum absolute atomic E-state index is 0.0891. The summed E-state index contributed by atoms with van der Waals surface area (Å²) in [5.41, 5.74) is 1.70. The fraction of sp³-hybridized carbons (Fsp3) is 0.250. The van der Waals surface area contributed by atoms with Crippen LogP contribution >= 0.6 is 0 Å². The van der Waals surface area contributed by atoms with Gasteiger partial charge in [0.1, 0.15) is 18.4 Å². The molecule has 6 heteroatoms. The fourth-order valence-corrected chi connectivity index (χ4v) is 2.73. The first-order valence-corrected chi connectivity index (χ1v) is 8.33. The van der Waals surface area contributed by atoms with E-state index in [0.717, 1.165) is 16.0 Å². The van der Waals surface area contributed by atoms with Crippen LogP contribution in [0, 0.1) is 0 Å². The number of benzene rings is 2. The number of ether oxygens (including phenoxy) is 2. The number of carbonyl (C=O) groups excluding carboxylic acids is 3. The van der Waals surface area contributed by atoms with E-state index in [2.05, 4.69) is 0 Å². The average Bonchev–Trinajstić information content (AvgIpc) is 3.02. The van der Waals surface area contributed by atoms with Crippen LogP contribution in [-0.2, 0) is 32.1 Å². The number of cyclic esters (lactones) is 1. The van der Waals surface area contributed by atoms with Gasteiger partial charge < -0.3 is 9.47 Å². The first-order chi connectivity index (χ1) is 12.6. The molecule has 1 atom stereocenters. The maximum Gasteiger partial charge on any atom is 0.413 e. The Morgan fingerprint density at radius 3 is 2.27 bits per heavy atom. The second-order valence-corrected chi connectivity index (χ2v) is 6.02. The fourth-order valence-electron chi connectivity index (χ4n) is 2.73. The Hall–Kier alpha value is -3.15. The third kappa shape index (κ3) is 4.47. The SMILES string of the molecule is O=C(Cc1ccccc1)C[C@H]1C(=O)OCN1C(=O)OCc1ccccc1. The van der Waals surface area contributed by atoms with Crippen LogP contribution in [0.15, 0.2) is 60.7 Å². The first kappa shape index (κ1) is 17.7. The van der Waals surface area contributed by atoms with Gasteiger partial charge in [0.15, 0.2) is 6.73 Å². The predicted octanol–water partition coefficient (Wildman–Crippen LogP) is 2.71. The van der Waals surface area contributed by atoms with Gasteiger partial charge in [-0.25, -0.2) is 9.59 Å². The van der Waals surface area contributed by atoms with Crippen LogP contribution in [0.3, 0.4) is 0 Å². The summed E-state index contributed by atoms with van der Waals surface area (Å²) in [4.78, 5) is 37.6. The van der Waals surface area contributed by atoms with Crippen molar-refractivity contribution in [1.82, 2.24) is 4.90 Å². The molecular weight excluding hydrogens is 334 g/mol. The molecule has 0 N–H and O–H groups in total. The summed E-state index contributed by atoms with van der Waals surface area (Å²) in [6, 6.07) is 17.5. The monoisotopic (exact) mass is 353 g/mol. The number of ketones is 1. The molecule has 1 fully saturated rings. The van der Waals surface area contributed by atoms with Crippen molar-refractivity contribution in [3.05, 3.63) is 71.8 Å². The summed E-state index contributed by atoms with van der Waals surface area (Å²) in [5.74, 6) is -0.719. The molecule has 1 aliphatic rings. The van der Waals surface area contributed by atoms with Gasteiger partial charge in [0.25, 0.3) is 0 Å². The highest BCUT2D eigenvalue weighted by atomic mass is 16.6. The quantitative estimate of drug-likeness (QED) is 0.747. The van der Waals surface area contributed by atoms with Crippen molar-refractivity contribution in [3.8, 4) is 0 Å². The molecule has 0 aliphatic carbocycles. The van der Waals surface area contributed by atoms with E-state index in [0.29, 0.717) is 0 Å². The number of amides is 1. The molecule has 134 valence electrons. The first-order valence-electron chi connectivity index (χ1n) is 8.33. The lowest BCUT2D eigenvalue weighted by Gasteiger charge is -2.19. The molecule has 1 saturated heterocycles. The Kier molecular flexibility index (Phi) is 5.63. The maximum absolute atomic E-state index is 12.3. The lowest BCUT2D eigenvalue weighted by molar-refractivity contribution is -0.140. The molecule has 0 aromatic heterocycles. The Labute approximate surface area is 151 Å². The Morgan fingerprint density at radius 2 is 1.62 bits per heavy atom. The topological polar surface area (TPSA) is 72.9 Å². The Balaban J connectivity index is 1.57. The van der Waals surface area contributed by atoms with Crippen LogP contribution in [0.2, 0.25) is 0 Å². The van der Waals surface area contributed by atoms with Crippen molar-refractivity contribution in [2.24, 2.45) is 0 Å². The summed E-state index contributed by atoms with van der Waals surface area (Å²) >= 11 is 0. The highest BCUT2D eigenvalue weighted by Crippen LogP contribution is 2.18. The highest BCUT2D eigenvalue weighted by Gasteiger charge is 2.40. The summed E-state index contributed by atoms with van der Waals surface area (Å²) in [5, 5.41) is 0. The van der Waals surface area contributed by atoms with Crippen LogP contribution in [-0.4, -0.2) is 35.5 Å². The van der Waals surface area contributed by atoms with Gasteiger partial charge in [0, 0.05) is 12.8 Å². The molecule has 26 heavy (non-hydrogen) atoms. The number of esters is 1. The number of hydrogen-bond acceptors (Lipinski definition) is 5. The average molecular weight is 353 g/mol. The van der Waals surface area contributed by atoms with Crippen molar-refractivity contribution in [3.63, 3.8) is 0 Å². The van der Waals surface area contributed by atoms with E-state index in [9.17, 15) is 14.4 Å². The van der Waals surface area contributed by atoms with Gasteiger partial charge in [-0.3, -0.25) is 9.69 Å². The molecule has 0 saturated carbocycles. The van der Waals surface area contributed by atoms with Gasteiger partial charge in [-0.05, 0) is 11.1 Å². The molecule has 0 spiro atoms. The van der Waals surface area contributed by atoms with E-state index in [4.69, 9.17) is 9.47 Å². The zero-order valence-electron chi connectivity index (χ0n) is 14.2. The number of hydrogen-bond donors (Lipinski definition) is 0. The van der Waals surface area contributed by atoms with E-state index in [1.165, 1.54) is 0 Å². The molecule has 0 unspecified atom stereocenters. The number of carbonyl (C=O) groups is 3. The van der Waals surface area contributed by atoms with Crippen molar-refractivity contribution >= 4 is 17.8 Å². The number of Topliss-reactive ketones (excluding diaryl/α,β-unsaturated/α-hetero) is 1. The minimum Gasteiger partial charge on any atom is -0.444 e. The van der Waals surface area contributed by atoms with Crippen LogP contribution in [0.5, 0.6) is 0 Å². The Bertz CT molecular complexity index is 775. The van der Waals surface area contributed by atoms with Crippen LogP contribution in [0.1, 0.15) is 17.5 Å². The zero-order chi connectivity index (χ0) is 18.4. The van der Waals surface area contributed by atoms with Crippen molar-refractivity contribution in [2.45, 2.75) is 25.5 Å². The van der Waals surface area contributed by atoms with E-state index >= 15 is 0 Å². The van der Waals surface area contributed by atoms with E-state index in [1.807, 2.05) is 60.7 Å². The van der Waals surface area contributed by atoms with E-state index < -0.39 is 18.1 Å². The molecular formula is C20H19NO5. The standard InChI is InChI=1S/C20H19NO5/c22-17(11-15-7-3-1-4-8-15)12-18-19(23)26-14-21(18)20(24)25-13-16-9-5-2-6-10-16/h1-10,18H,11-14H2/t18-/m0/s1. The lowest BCUT2D eigenvalue weighted by Crippen LogP contribution is -2.40. The van der Waals surface area contributed by atoms with Crippen molar-refractivity contribution < 1.29 is 23.9 Å². The molecule has 1 amide bonds. The largest absolute Gasteiger partial charge is 0.444 e. The Morgan fingerprint density at radius 1 is 1.00 bits per heavy atom. The second kappa shape index (κ2) is 8.29. The predicted molar refractivity (Wildman–Crippen MR) is 93.0 cm³/mol. The second-order valence-electron chi connectivity index (χ2n) is 6.02. The third-order valence-corrected chi connectivity index (χ3v) is 4.10. The lowest BCUT2D eigenvalue weighted by atomic mass is 10.0. The third-order valence-electron chi connectivity index (χ3n) is 4.10. The molecule has 6 nitrogen and oxygen atoms in total. The van der Waals surface area contributed by atoms with Crippen molar-refractivity contribution in [2.75, 3.05) is 6.73 Å². The molecule has 2 aromatic carbocycles. The van der Waals surface area contributed by atoms with E-state index in [1.54, 1.807) is 0 Å². The maximum atomic E-state index is 12.3. The van der Waals surface area contributed by atoms with Crippen LogP contribution in [0.25, 0.3) is 0 Å². The molecule has 0 radical (unpaired) electrons. The van der Waals surface area contributed by atoms with Gasteiger partial charge in [0.05, 0.1) is 0 Å². The summed E-state index contributed by atoms with van der Waals surface area (Å²) in [7, 11) is 0. The van der Waals surface area contributed by atoms with Gasteiger partial charge in [-0.1, -0.05) is 60.7 Å². The molecule has 1 heterocycles.